The number of fused-ring (bicyclic) bond motifs is 1. The highest BCUT2D eigenvalue weighted by Gasteiger charge is 2.16. The first-order valence-corrected chi connectivity index (χ1v) is 5.92. The van der Waals surface area contributed by atoms with Crippen LogP contribution in [0, 0.1) is 5.92 Å². The number of hydrogen-bond acceptors (Lipinski definition) is 2. The van der Waals surface area contributed by atoms with Crippen LogP contribution in [0.1, 0.15) is 12.0 Å². The van der Waals surface area contributed by atoms with Gasteiger partial charge in [-0.3, -0.25) is 4.79 Å². The van der Waals surface area contributed by atoms with Crippen LogP contribution in [0.4, 0.5) is 0 Å². The fourth-order valence-corrected chi connectivity index (χ4v) is 2.15. The molecule has 0 spiro atoms. The van der Waals surface area contributed by atoms with Gasteiger partial charge < -0.3 is 10.5 Å². The number of rotatable bonds is 5. The molecule has 0 radical (unpaired) electrons. The molecule has 0 saturated heterocycles. The summed E-state index contributed by atoms with van der Waals surface area (Å²) in [5, 5.41) is 2.24. The van der Waals surface area contributed by atoms with Crippen molar-refractivity contribution in [3.8, 4) is 0 Å². The first-order valence-electron chi connectivity index (χ1n) is 5.92. The molecule has 92 valence electrons. The van der Waals surface area contributed by atoms with Gasteiger partial charge in [-0.2, -0.15) is 0 Å². The van der Waals surface area contributed by atoms with Crippen molar-refractivity contribution < 1.29 is 9.59 Å². The molecule has 2 aromatic rings. The molecule has 0 aliphatic heterocycles. The van der Waals surface area contributed by atoms with Crippen molar-refractivity contribution in [1.82, 2.24) is 0 Å². The SMILES string of the molecule is NC(=O)C(CC=O)Cc1cccc2ccccc12. The fourth-order valence-electron chi connectivity index (χ4n) is 2.15. The summed E-state index contributed by atoms with van der Waals surface area (Å²) in [6.07, 6.45) is 1.44. The van der Waals surface area contributed by atoms with Crippen molar-refractivity contribution in [2.45, 2.75) is 12.8 Å². The number of primary amides is 1. The molecule has 0 fully saturated rings. The fraction of sp³-hybridized carbons (Fsp3) is 0.200. The lowest BCUT2D eigenvalue weighted by Crippen LogP contribution is -2.25. The lowest BCUT2D eigenvalue weighted by atomic mass is 9.93. The van der Waals surface area contributed by atoms with Gasteiger partial charge in [0.05, 0.1) is 0 Å². The molecule has 3 nitrogen and oxygen atoms in total. The summed E-state index contributed by atoms with van der Waals surface area (Å²) in [5.41, 5.74) is 6.37. The quantitative estimate of drug-likeness (QED) is 0.815. The van der Waals surface area contributed by atoms with Crippen LogP contribution in [0.5, 0.6) is 0 Å². The second-order valence-corrected chi connectivity index (χ2v) is 4.34. The van der Waals surface area contributed by atoms with Crippen LogP contribution < -0.4 is 5.73 Å². The van der Waals surface area contributed by atoms with Crippen molar-refractivity contribution in [3.63, 3.8) is 0 Å². The average molecular weight is 241 g/mol. The number of carbonyl (C=O) groups is 2. The maximum Gasteiger partial charge on any atom is 0.221 e. The lowest BCUT2D eigenvalue weighted by Gasteiger charge is -2.12. The zero-order valence-corrected chi connectivity index (χ0v) is 10.0. The van der Waals surface area contributed by atoms with Gasteiger partial charge in [0.15, 0.2) is 0 Å². The number of nitrogens with two attached hydrogens (primary N) is 1. The Hall–Kier alpha value is -2.16. The summed E-state index contributed by atoms with van der Waals surface area (Å²) in [7, 11) is 0. The van der Waals surface area contributed by atoms with E-state index in [1.807, 2.05) is 42.5 Å². The van der Waals surface area contributed by atoms with Crippen molar-refractivity contribution >= 4 is 23.0 Å². The second kappa shape index (κ2) is 5.45. The summed E-state index contributed by atoms with van der Waals surface area (Å²) in [6.45, 7) is 0. The second-order valence-electron chi connectivity index (χ2n) is 4.34. The number of hydrogen-bond donors (Lipinski definition) is 1. The van der Waals surface area contributed by atoms with Crippen molar-refractivity contribution in [2.24, 2.45) is 11.7 Å². The minimum atomic E-state index is -0.423. The molecule has 2 N–H and O–H groups in total. The van der Waals surface area contributed by atoms with E-state index in [4.69, 9.17) is 5.73 Å². The zero-order chi connectivity index (χ0) is 13.0. The summed E-state index contributed by atoms with van der Waals surface area (Å²) in [5.74, 6) is -0.844. The van der Waals surface area contributed by atoms with Gasteiger partial charge in [0.2, 0.25) is 5.91 Å². The highest BCUT2D eigenvalue weighted by Crippen LogP contribution is 2.22. The van der Waals surface area contributed by atoms with Gasteiger partial charge in [0, 0.05) is 12.3 Å². The molecule has 0 aromatic heterocycles. The molecule has 1 unspecified atom stereocenters. The summed E-state index contributed by atoms with van der Waals surface area (Å²) in [6, 6.07) is 13.9. The normalized spacial score (nSPS) is 12.2. The van der Waals surface area contributed by atoms with Crippen LogP contribution in [0.15, 0.2) is 42.5 Å². The van der Waals surface area contributed by atoms with Gasteiger partial charge in [0.25, 0.3) is 0 Å². The molecule has 3 heteroatoms. The van der Waals surface area contributed by atoms with Crippen molar-refractivity contribution in [2.75, 3.05) is 0 Å². The number of aldehydes is 1. The maximum atomic E-state index is 11.3. The number of benzene rings is 2. The van der Waals surface area contributed by atoms with E-state index in [-0.39, 0.29) is 6.42 Å². The van der Waals surface area contributed by atoms with Gasteiger partial charge >= 0.3 is 0 Å². The van der Waals surface area contributed by atoms with Crippen LogP contribution in [0.2, 0.25) is 0 Å². The highest BCUT2D eigenvalue weighted by molar-refractivity contribution is 5.87. The monoisotopic (exact) mass is 241 g/mol. The van der Waals surface area contributed by atoms with E-state index in [0.29, 0.717) is 6.42 Å². The van der Waals surface area contributed by atoms with Gasteiger partial charge in [-0.25, -0.2) is 0 Å². The van der Waals surface area contributed by atoms with Gasteiger partial charge in [-0.1, -0.05) is 42.5 Å². The highest BCUT2D eigenvalue weighted by atomic mass is 16.1. The number of amides is 1. The Bertz CT molecular complexity index is 572. The van der Waals surface area contributed by atoms with E-state index >= 15 is 0 Å². The van der Waals surface area contributed by atoms with E-state index in [1.54, 1.807) is 0 Å². The third-order valence-corrected chi connectivity index (χ3v) is 3.13. The molecular formula is C15H15NO2. The first-order chi connectivity index (χ1) is 8.72. The third-order valence-electron chi connectivity index (χ3n) is 3.13. The Kier molecular flexibility index (Phi) is 3.72. The van der Waals surface area contributed by atoms with Gasteiger partial charge in [-0.15, -0.1) is 0 Å². The lowest BCUT2D eigenvalue weighted by molar-refractivity contribution is -0.124. The minimum Gasteiger partial charge on any atom is -0.369 e. The molecule has 1 amide bonds. The molecule has 2 aromatic carbocycles. The predicted molar refractivity (Wildman–Crippen MR) is 71.0 cm³/mol. The summed E-state index contributed by atoms with van der Waals surface area (Å²) < 4.78 is 0. The largest absolute Gasteiger partial charge is 0.369 e. The predicted octanol–water partition coefficient (Wildman–Crippen LogP) is 2.07. The first kappa shape index (κ1) is 12.3. The minimum absolute atomic E-state index is 0.179. The van der Waals surface area contributed by atoms with Gasteiger partial charge in [0.1, 0.15) is 6.29 Å². The molecule has 1 atom stereocenters. The molecule has 0 saturated carbocycles. The van der Waals surface area contributed by atoms with Crippen LogP contribution in [-0.2, 0) is 16.0 Å². The van der Waals surface area contributed by atoms with E-state index in [0.717, 1.165) is 22.6 Å². The van der Waals surface area contributed by atoms with Crippen molar-refractivity contribution in [3.05, 3.63) is 48.0 Å². The maximum absolute atomic E-state index is 11.3. The van der Waals surface area contributed by atoms with E-state index in [2.05, 4.69) is 0 Å². The van der Waals surface area contributed by atoms with Gasteiger partial charge in [-0.05, 0) is 22.8 Å². The third kappa shape index (κ3) is 2.56. The van der Waals surface area contributed by atoms with Crippen LogP contribution in [-0.4, -0.2) is 12.2 Å². The molecular weight excluding hydrogens is 226 g/mol. The zero-order valence-electron chi connectivity index (χ0n) is 10.0. The van der Waals surface area contributed by atoms with E-state index in [9.17, 15) is 9.59 Å². The summed E-state index contributed by atoms with van der Waals surface area (Å²) >= 11 is 0. The van der Waals surface area contributed by atoms with Crippen LogP contribution in [0.25, 0.3) is 10.8 Å². The topological polar surface area (TPSA) is 60.2 Å². The summed E-state index contributed by atoms with van der Waals surface area (Å²) in [4.78, 5) is 21.9. The Balaban J connectivity index is 2.36. The molecule has 0 aliphatic carbocycles. The smallest absolute Gasteiger partial charge is 0.221 e. The van der Waals surface area contributed by atoms with Crippen LogP contribution in [0.3, 0.4) is 0 Å². The molecule has 18 heavy (non-hydrogen) atoms. The van der Waals surface area contributed by atoms with Crippen molar-refractivity contribution in [1.29, 1.82) is 0 Å². The molecule has 0 aliphatic rings. The number of carbonyl (C=O) groups excluding carboxylic acids is 2. The van der Waals surface area contributed by atoms with Crippen LogP contribution >= 0.6 is 0 Å². The van der Waals surface area contributed by atoms with E-state index in [1.165, 1.54) is 0 Å². The molecule has 2 rings (SSSR count). The average Bonchev–Trinajstić information content (AvgIpc) is 2.38. The Morgan fingerprint density at radius 3 is 2.61 bits per heavy atom. The Morgan fingerprint density at radius 1 is 1.17 bits per heavy atom. The molecule has 0 bridgehead atoms. The molecule has 0 heterocycles. The standard InChI is InChI=1S/C15H15NO2/c16-15(18)13(8-9-17)10-12-6-3-5-11-4-1-2-7-14(11)12/h1-7,9,13H,8,10H2,(H2,16,18). The Labute approximate surface area is 106 Å². The Morgan fingerprint density at radius 2 is 1.89 bits per heavy atom. The van der Waals surface area contributed by atoms with E-state index < -0.39 is 11.8 Å².